The number of nitrogens with zero attached hydrogens (tertiary/aromatic N) is 3. The predicted molar refractivity (Wildman–Crippen MR) is 133 cm³/mol. The molecular weight excluding hydrogens is 488 g/mol. The Bertz CT molecular complexity index is 1370. The van der Waals surface area contributed by atoms with E-state index in [9.17, 15) is 18.5 Å². The highest BCUT2D eigenvalue weighted by atomic mass is 32.2. The monoisotopic (exact) mass is 512 g/mol. The Labute approximate surface area is 208 Å². The molecule has 182 valence electrons. The van der Waals surface area contributed by atoms with E-state index in [1.807, 2.05) is 44.2 Å². The number of ether oxygens (including phenoxy) is 2. The van der Waals surface area contributed by atoms with E-state index in [1.165, 1.54) is 13.0 Å². The van der Waals surface area contributed by atoms with Gasteiger partial charge in [0.2, 0.25) is 19.3 Å². The zero-order valence-electron chi connectivity index (χ0n) is 19.4. The van der Waals surface area contributed by atoms with Gasteiger partial charge in [0.1, 0.15) is 18.2 Å². The molecule has 0 aliphatic carbocycles. The maximum atomic E-state index is 12.6. The summed E-state index contributed by atoms with van der Waals surface area (Å²) in [4.78, 5) is 12.6. The van der Waals surface area contributed by atoms with E-state index in [0.717, 1.165) is 22.5 Å². The minimum absolute atomic E-state index is 0.0157. The molecule has 1 aromatic heterocycles. The lowest BCUT2D eigenvalue weighted by molar-refractivity contribution is -0.112. The van der Waals surface area contributed by atoms with Crippen LogP contribution >= 0.6 is 11.3 Å². The quantitative estimate of drug-likeness (QED) is 0.243. The van der Waals surface area contributed by atoms with Crippen molar-refractivity contribution in [1.82, 2.24) is 10.2 Å². The topological polar surface area (TPSA) is 131 Å². The van der Waals surface area contributed by atoms with Crippen molar-refractivity contribution in [2.45, 2.75) is 31.7 Å². The normalized spacial score (nSPS) is 11.5. The van der Waals surface area contributed by atoms with Crippen molar-refractivity contribution in [1.29, 1.82) is 5.26 Å². The molecule has 0 unspecified atom stereocenters. The van der Waals surface area contributed by atoms with Crippen molar-refractivity contribution >= 4 is 38.3 Å². The van der Waals surface area contributed by atoms with Crippen molar-refractivity contribution in [3.8, 4) is 17.6 Å². The van der Waals surface area contributed by atoms with Gasteiger partial charge in [-0.05, 0) is 43.2 Å². The van der Waals surface area contributed by atoms with Gasteiger partial charge in [-0.25, -0.2) is 8.42 Å². The molecule has 3 rings (SSSR count). The summed E-state index contributed by atoms with van der Waals surface area (Å²) in [5.41, 5.74) is 2.53. The van der Waals surface area contributed by atoms with E-state index < -0.39 is 15.7 Å². The van der Waals surface area contributed by atoms with Crippen LogP contribution in [0.3, 0.4) is 0 Å². The lowest BCUT2D eigenvalue weighted by atomic mass is 10.1. The van der Waals surface area contributed by atoms with Gasteiger partial charge in [-0.1, -0.05) is 54.2 Å². The third kappa shape index (κ3) is 6.88. The Hall–Kier alpha value is -3.75. The number of hydrogen-bond donors (Lipinski definition) is 1. The number of nitriles is 1. The number of aromatic nitrogens is 2. The maximum absolute atomic E-state index is 12.6. The average Bonchev–Trinajstić information content (AvgIpc) is 3.32. The molecule has 0 atom stereocenters. The smallest absolute Gasteiger partial charge is 0.268 e. The van der Waals surface area contributed by atoms with Gasteiger partial charge in [-0.2, -0.15) is 5.26 Å². The molecule has 11 heteroatoms. The molecule has 1 heterocycles. The molecule has 9 nitrogen and oxygen atoms in total. The van der Waals surface area contributed by atoms with Crippen LogP contribution in [0.15, 0.2) is 52.4 Å². The molecule has 2 aromatic carbocycles. The first-order valence-corrected chi connectivity index (χ1v) is 13.2. The maximum Gasteiger partial charge on any atom is 0.268 e. The molecule has 0 fully saturated rings. The minimum Gasteiger partial charge on any atom is -0.490 e. The van der Waals surface area contributed by atoms with Crippen LogP contribution < -0.4 is 14.8 Å². The van der Waals surface area contributed by atoms with Crippen molar-refractivity contribution in [3.63, 3.8) is 0 Å². The number of anilines is 1. The van der Waals surface area contributed by atoms with Crippen LogP contribution in [-0.2, 0) is 21.2 Å². The van der Waals surface area contributed by atoms with Gasteiger partial charge < -0.3 is 9.47 Å². The first kappa shape index (κ1) is 25.9. The summed E-state index contributed by atoms with van der Waals surface area (Å²) >= 11 is 0.727. The van der Waals surface area contributed by atoms with Crippen LogP contribution in [0.4, 0.5) is 5.13 Å². The number of amides is 1. The number of hydrogen-bond acceptors (Lipinski definition) is 9. The van der Waals surface area contributed by atoms with E-state index in [-0.39, 0.29) is 20.8 Å². The molecule has 3 aromatic rings. The Morgan fingerprint density at radius 1 is 1.11 bits per heavy atom. The molecule has 0 saturated carbocycles. The number of aryl methyl sites for hydroxylation is 1. The van der Waals surface area contributed by atoms with Gasteiger partial charge in [-0.3, -0.25) is 10.1 Å². The number of rotatable bonds is 10. The third-order valence-corrected chi connectivity index (χ3v) is 7.75. The number of benzene rings is 2. The van der Waals surface area contributed by atoms with E-state index >= 15 is 0 Å². The van der Waals surface area contributed by atoms with Gasteiger partial charge in [0, 0.05) is 0 Å². The summed E-state index contributed by atoms with van der Waals surface area (Å²) in [5, 5.41) is 19.2. The minimum atomic E-state index is -3.54. The molecule has 0 aliphatic rings. The molecule has 0 aliphatic heterocycles. The summed E-state index contributed by atoms with van der Waals surface area (Å²) in [5.74, 6) is 0.142. The second-order valence-corrected chi connectivity index (χ2v) is 10.7. The van der Waals surface area contributed by atoms with Crippen LogP contribution in [0.2, 0.25) is 0 Å². The summed E-state index contributed by atoms with van der Waals surface area (Å²) in [7, 11) is -3.54. The first-order valence-electron chi connectivity index (χ1n) is 10.7. The van der Waals surface area contributed by atoms with Gasteiger partial charge in [0.25, 0.3) is 5.91 Å². The number of nitrogens with one attached hydrogen (secondary N) is 1. The van der Waals surface area contributed by atoms with E-state index in [1.54, 1.807) is 18.2 Å². The summed E-state index contributed by atoms with van der Waals surface area (Å²) in [6.07, 6.45) is 1.40. The average molecular weight is 513 g/mol. The Morgan fingerprint density at radius 2 is 1.86 bits per heavy atom. The van der Waals surface area contributed by atoms with Gasteiger partial charge in [0.15, 0.2) is 11.5 Å². The molecule has 35 heavy (non-hydrogen) atoms. The highest BCUT2D eigenvalue weighted by Gasteiger charge is 2.20. The molecule has 0 saturated heterocycles. The van der Waals surface area contributed by atoms with E-state index in [0.29, 0.717) is 30.3 Å². The highest BCUT2D eigenvalue weighted by Crippen LogP contribution is 2.30. The van der Waals surface area contributed by atoms with Crippen molar-refractivity contribution < 1.29 is 22.7 Å². The Kier molecular flexibility index (Phi) is 8.57. The van der Waals surface area contributed by atoms with Crippen LogP contribution in [0, 0.1) is 18.3 Å². The first-order chi connectivity index (χ1) is 16.7. The zero-order chi connectivity index (χ0) is 25.4. The van der Waals surface area contributed by atoms with E-state index in [2.05, 4.69) is 15.5 Å². The molecule has 1 amide bonds. The summed E-state index contributed by atoms with van der Waals surface area (Å²) < 4.78 is 35.2. The SMILES string of the molecule is CCOc1cc(/C=C(/C#N)C(=O)Nc2nnc(S(=O)(=O)CC)s2)ccc1OCc1ccc(C)cc1. The Morgan fingerprint density at radius 3 is 2.51 bits per heavy atom. The van der Waals surface area contributed by atoms with Gasteiger partial charge in [-0.15, -0.1) is 10.2 Å². The van der Waals surface area contributed by atoms with Gasteiger partial charge in [0.05, 0.1) is 12.4 Å². The predicted octanol–water partition coefficient (Wildman–Crippen LogP) is 4.16. The summed E-state index contributed by atoms with van der Waals surface area (Å²) in [6.45, 7) is 6.11. The molecule has 1 N–H and O–H groups in total. The van der Waals surface area contributed by atoms with Gasteiger partial charge >= 0.3 is 0 Å². The zero-order valence-corrected chi connectivity index (χ0v) is 21.1. The standard InChI is InChI=1S/C24H24N4O5S2/c1-4-32-21-13-18(10-11-20(21)33-15-17-8-6-16(3)7-9-17)12-19(14-25)22(29)26-23-27-28-24(34-23)35(30,31)5-2/h6-13H,4-5,15H2,1-3H3,(H,26,27,29)/b19-12-. The van der Waals surface area contributed by atoms with Crippen LogP contribution in [0.5, 0.6) is 11.5 Å². The third-order valence-electron chi connectivity index (χ3n) is 4.73. The highest BCUT2D eigenvalue weighted by molar-refractivity contribution is 7.93. The van der Waals surface area contributed by atoms with E-state index in [4.69, 9.17) is 9.47 Å². The molecular formula is C24H24N4O5S2. The largest absolute Gasteiger partial charge is 0.490 e. The lowest BCUT2D eigenvalue weighted by Gasteiger charge is -2.13. The summed E-state index contributed by atoms with van der Waals surface area (Å²) in [6, 6.07) is 14.9. The van der Waals surface area contributed by atoms with Crippen LogP contribution in [0.25, 0.3) is 6.08 Å². The fraction of sp³-hybridized carbons (Fsp3) is 0.250. The lowest BCUT2D eigenvalue weighted by Crippen LogP contribution is -2.13. The second-order valence-electron chi connectivity index (χ2n) is 7.31. The fourth-order valence-corrected chi connectivity index (χ4v) is 4.82. The Balaban J connectivity index is 1.76. The number of sulfone groups is 1. The molecule has 0 radical (unpaired) electrons. The second kappa shape index (κ2) is 11.6. The van der Waals surface area contributed by atoms with Crippen molar-refractivity contribution in [2.75, 3.05) is 17.7 Å². The van der Waals surface area contributed by atoms with Crippen LogP contribution in [0.1, 0.15) is 30.5 Å². The molecule has 0 spiro atoms. The number of carbonyl (C=O) groups excluding carboxylic acids is 1. The van der Waals surface area contributed by atoms with Crippen molar-refractivity contribution in [2.24, 2.45) is 0 Å². The molecule has 0 bridgehead atoms. The fourth-order valence-electron chi connectivity index (χ4n) is 2.84. The van der Waals surface area contributed by atoms with Crippen molar-refractivity contribution in [3.05, 3.63) is 64.7 Å². The van der Waals surface area contributed by atoms with Crippen LogP contribution in [-0.4, -0.2) is 36.9 Å². The number of carbonyl (C=O) groups is 1.